The molecule has 0 aliphatic heterocycles. The molecule has 0 bridgehead atoms. The van der Waals surface area contributed by atoms with E-state index in [1.165, 1.54) is 38.5 Å². The van der Waals surface area contributed by atoms with E-state index in [1.807, 2.05) is 6.56 Å². The van der Waals surface area contributed by atoms with E-state index in [-0.39, 0.29) is 24.8 Å². The molecule has 2 rings (SSSR count). The maximum atomic E-state index is 2.63. The molecule has 0 nitrogen and oxygen atoms in total. The molecule has 24 heavy (non-hydrogen) atoms. The fraction of sp³-hybridized carbons (Fsp3) is 0.600. The molecule has 2 aliphatic rings. The Balaban J connectivity index is 0.00000264. The number of halogens is 2. The Labute approximate surface area is 171 Å². The minimum Gasteiger partial charge on any atom is -0.147 e. The zero-order valence-corrected chi connectivity index (χ0v) is 21.5. The van der Waals surface area contributed by atoms with Crippen LogP contribution in [0, 0.1) is 0 Å². The topological polar surface area (TPSA) is 0 Å². The van der Waals surface area contributed by atoms with Gasteiger partial charge in [-0.3, -0.25) is 0 Å². The molecule has 0 saturated carbocycles. The van der Waals surface area contributed by atoms with E-state index in [2.05, 4.69) is 52.9 Å². The average molecular weight is 466 g/mol. The molecule has 137 valence electrons. The average Bonchev–Trinajstić information content (AvgIpc) is 2.99. The van der Waals surface area contributed by atoms with Crippen molar-refractivity contribution in [1.82, 2.24) is 0 Å². The molecule has 0 N–H and O–H groups in total. The van der Waals surface area contributed by atoms with Crippen LogP contribution in [-0.2, 0) is 20.9 Å². The van der Waals surface area contributed by atoms with Crippen LogP contribution in [0.1, 0.15) is 66.2 Å². The van der Waals surface area contributed by atoms with Crippen molar-refractivity contribution in [3.8, 4) is 0 Å². The Morgan fingerprint density at radius 1 is 0.833 bits per heavy atom. The summed E-state index contributed by atoms with van der Waals surface area (Å²) in [5, 5.41) is 0. The molecule has 0 aromatic heterocycles. The van der Waals surface area contributed by atoms with E-state index in [9.17, 15) is 0 Å². The molecule has 0 heterocycles. The van der Waals surface area contributed by atoms with Crippen LogP contribution in [0.2, 0.25) is 13.1 Å². The maximum absolute atomic E-state index is 2.63. The van der Waals surface area contributed by atoms with E-state index in [0.29, 0.717) is 0 Å². The molecule has 0 aromatic carbocycles. The first-order valence-corrected chi connectivity index (χ1v) is 18.8. The third kappa shape index (κ3) is 5.32. The summed E-state index contributed by atoms with van der Waals surface area (Å²) in [4.78, 5) is 0. The molecular weight excluding hydrogens is 430 g/mol. The van der Waals surface area contributed by atoms with Crippen molar-refractivity contribution in [2.75, 3.05) is 0 Å². The molecule has 0 unspecified atom stereocenters. The van der Waals surface area contributed by atoms with Gasteiger partial charge in [-0.2, -0.15) is 0 Å². The second-order valence-corrected chi connectivity index (χ2v) is 26.4. The van der Waals surface area contributed by atoms with Gasteiger partial charge in [0, 0.05) is 0 Å². The third-order valence-corrected chi connectivity index (χ3v) is 25.1. The summed E-state index contributed by atoms with van der Waals surface area (Å²) in [6.07, 6.45) is 12.9. The molecule has 0 saturated heterocycles. The van der Waals surface area contributed by atoms with E-state index in [1.54, 1.807) is 22.3 Å². The van der Waals surface area contributed by atoms with E-state index < -0.39 is 26.8 Å². The van der Waals surface area contributed by atoms with Crippen molar-refractivity contribution in [3.05, 3.63) is 41.0 Å². The van der Waals surface area contributed by atoms with Gasteiger partial charge in [-0.25, -0.2) is 0 Å². The second kappa shape index (κ2) is 11.4. The minimum atomic E-state index is -1.55. The van der Waals surface area contributed by atoms with Gasteiger partial charge in [-0.05, 0) is 0 Å². The molecule has 0 fully saturated rings. The van der Waals surface area contributed by atoms with Gasteiger partial charge in [-0.15, -0.1) is 24.8 Å². The largest absolute Gasteiger partial charge is 0.147 e. The fourth-order valence-corrected chi connectivity index (χ4v) is 25.0. The normalized spacial score (nSPS) is 17.0. The molecule has 2 aliphatic carbocycles. The van der Waals surface area contributed by atoms with Gasteiger partial charge < -0.3 is 0 Å². The second-order valence-electron chi connectivity index (χ2n) is 7.14. The van der Waals surface area contributed by atoms with Crippen molar-refractivity contribution < 1.29 is 20.9 Å². The first-order valence-electron chi connectivity index (χ1n) is 9.17. The quantitative estimate of drug-likeness (QED) is 0.348. The Morgan fingerprint density at radius 2 is 1.21 bits per heavy atom. The van der Waals surface area contributed by atoms with Crippen LogP contribution in [0.3, 0.4) is 0 Å². The zero-order chi connectivity index (χ0) is 16.3. The van der Waals surface area contributed by atoms with E-state index in [0.717, 1.165) is 0 Å². The predicted octanol–water partition coefficient (Wildman–Crippen LogP) is 7.24. The van der Waals surface area contributed by atoms with Crippen LogP contribution in [0.25, 0.3) is 0 Å². The summed E-state index contributed by atoms with van der Waals surface area (Å²) < 4.78 is 3.93. The first kappa shape index (κ1) is 24.6. The Kier molecular flexibility index (Phi) is 11.7. The van der Waals surface area contributed by atoms with E-state index in [4.69, 9.17) is 0 Å². The van der Waals surface area contributed by atoms with Gasteiger partial charge in [0.15, 0.2) is 0 Å². The molecule has 0 spiro atoms. The Morgan fingerprint density at radius 3 is 1.50 bits per heavy atom. The van der Waals surface area contributed by atoms with Gasteiger partial charge >= 0.3 is 147 Å². The van der Waals surface area contributed by atoms with Crippen LogP contribution in [-0.4, -0.2) is 5.92 Å². The van der Waals surface area contributed by atoms with Crippen molar-refractivity contribution >= 4 is 30.7 Å². The van der Waals surface area contributed by atoms with Crippen LogP contribution in [0.4, 0.5) is 0 Å². The van der Waals surface area contributed by atoms with Crippen LogP contribution >= 0.6 is 24.8 Å². The first-order chi connectivity index (χ1) is 10.5. The van der Waals surface area contributed by atoms with Crippen molar-refractivity contribution in [3.63, 3.8) is 0 Å². The standard InChI is InChI=1S/2C9H13.C2H7Si.2ClH.Zr/c2*1-3-5-9-7-4-6-8(9)2;1-3-2;;;/h2*7H,3-5H2,1-2H3;3H,1-2H3;2*1H;. The van der Waals surface area contributed by atoms with E-state index >= 15 is 0 Å². The molecule has 0 radical (unpaired) electrons. The van der Waals surface area contributed by atoms with Crippen molar-refractivity contribution in [1.29, 1.82) is 0 Å². The SMILES string of the molecule is CCCC1=CC[C]([Zr]([C]2=C(C)C(CCC)=CC2)[SiH](C)C)=C1C.Cl.Cl. The van der Waals surface area contributed by atoms with Gasteiger partial charge in [0.2, 0.25) is 0 Å². The number of hydrogen-bond donors (Lipinski definition) is 0. The van der Waals surface area contributed by atoms with Gasteiger partial charge in [-0.1, -0.05) is 0 Å². The summed E-state index contributed by atoms with van der Waals surface area (Å²) >= 11 is -1.55. The molecule has 0 amide bonds. The van der Waals surface area contributed by atoms with Gasteiger partial charge in [0.1, 0.15) is 0 Å². The van der Waals surface area contributed by atoms with Gasteiger partial charge in [0.05, 0.1) is 0 Å². The summed E-state index contributed by atoms with van der Waals surface area (Å²) in [5.74, 6) is -0.549. The number of rotatable bonds is 7. The predicted molar refractivity (Wildman–Crippen MR) is 114 cm³/mol. The number of hydrogen-bond acceptors (Lipinski definition) is 0. The Bertz CT molecular complexity index is 510. The van der Waals surface area contributed by atoms with Gasteiger partial charge in [0.25, 0.3) is 0 Å². The summed E-state index contributed by atoms with van der Waals surface area (Å²) in [5.41, 5.74) is 6.81. The monoisotopic (exact) mass is 463 g/mol. The summed E-state index contributed by atoms with van der Waals surface area (Å²) in [7, 11) is 0. The van der Waals surface area contributed by atoms with Crippen molar-refractivity contribution in [2.45, 2.75) is 79.3 Å². The fourth-order valence-electron chi connectivity index (χ4n) is 4.07. The number of allylic oxidation sites excluding steroid dienone is 8. The van der Waals surface area contributed by atoms with Crippen LogP contribution in [0.15, 0.2) is 41.0 Å². The summed E-state index contributed by atoms with van der Waals surface area (Å²) in [6, 6.07) is 0. The zero-order valence-electron chi connectivity index (χ0n) is 16.3. The van der Waals surface area contributed by atoms with Crippen LogP contribution < -0.4 is 0 Å². The summed E-state index contributed by atoms with van der Waals surface area (Å²) in [6.45, 7) is 14.8. The molecular formula is C20H35Cl2SiZr. The molecule has 0 atom stereocenters. The van der Waals surface area contributed by atoms with Crippen molar-refractivity contribution in [2.24, 2.45) is 0 Å². The minimum absolute atomic E-state index is 0. The Hall–Kier alpha value is 0.640. The van der Waals surface area contributed by atoms with Crippen LogP contribution in [0.5, 0.6) is 0 Å². The third-order valence-electron chi connectivity index (χ3n) is 5.24. The smallest absolute Gasteiger partial charge is 0.147 e. The maximum Gasteiger partial charge on any atom is -0.147 e. The molecule has 4 heteroatoms. The molecule has 0 aromatic rings.